The Morgan fingerprint density at radius 2 is 1.85 bits per heavy atom. The molecule has 0 atom stereocenters. The number of nitro groups is 1. The minimum Gasteiger partial charge on any atom is -0.325 e. The molecule has 0 radical (unpaired) electrons. The molecular formula is C21H19N3O2S. The molecule has 1 aliphatic carbocycles. The van der Waals surface area contributed by atoms with Crippen LogP contribution >= 0.6 is 12.2 Å². The molecule has 1 aliphatic rings. The van der Waals surface area contributed by atoms with Gasteiger partial charge in [0.05, 0.1) is 4.92 Å². The summed E-state index contributed by atoms with van der Waals surface area (Å²) in [7, 11) is 0. The summed E-state index contributed by atoms with van der Waals surface area (Å²) in [6, 6.07) is 16.8. The SMILES string of the molecule is O=[N+]([O-])c1cccc(-c2nc(=S)c3c(n2Cc2ccccc2)CCCC3)c1. The number of benzene rings is 2. The molecule has 0 N–H and O–H groups in total. The zero-order chi connectivity index (χ0) is 18.8. The number of non-ortho nitro benzene ring substituents is 1. The zero-order valence-corrected chi connectivity index (χ0v) is 15.6. The Morgan fingerprint density at radius 1 is 1.07 bits per heavy atom. The lowest BCUT2D eigenvalue weighted by Crippen LogP contribution is -2.19. The number of fused-ring (bicyclic) bond motifs is 1. The van der Waals surface area contributed by atoms with E-state index < -0.39 is 0 Å². The smallest absolute Gasteiger partial charge is 0.270 e. The Hall–Kier alpha value is -2.86. The van der Waals surface area contributed by atoms with Crippen molar-refractivity contribution >= 4 is 17.9 Å². The summed E-state index contributed by atoms with van der Waals surface area (Å²) < 4.78 is 2.81. The standard InChI is InChI=1S/C21H19N3O2S/c25-24(26)17-10-6-9-16(13-17)20-22-21(27)18-11-4-5-12-19(18)23(20)14-15-7-2-1-3-8-15/h1-3,6-10,13H,4-5,11-12,14H2. The Balaban J connectivity index is 1.92. The topological polar surface area (TPSA) is 61.0 Å². The molecule has 0 fully saturated rings. The molecule has 2 aromatic carbocycles. The van der Waals surface area contributed by atoms with Crippen LogP contribution in [0.1, 0.15) is 29.7 Å². The molecule has 5 nitrogen and oxygen atoms in total. The van der Waals surface area contributed by atoms with Crippen LogP contribution in [0.3, 0.4) is 0 Å². The van der Waals surface area contributed by atoms with Crippen molar-refractivity contribution in [3.8, 4) is 11.4 Å². The molecule has 1 heterocycles. The van der Waals surface area contributed by atoms with E-state index in [2.05, 4.69) is 16.7 Å². The minimum atomic E-state index is -0.377. The first-order valence-corrected chi connectivity index (χ1v) is 9.45. The molecule has 6 heteroatoms. The molecule has 0 saturated heterocycles. The van der Waals surface area contributed by atoms with Crippen molar-refractivity contribution in [1.29, 1.82) is 0 Å². The largest absolute Gasteiger partial charge is 0.325 e. The second kappa shape index (κ2) is 7.40. The van der Waals surface area contributed by atoms with E-state index in [1.165, 1.54) is 17.3 Å². The zero-order valence-electron chi connectivity index (χ0n) is 14.8. The molecule has 0 bridgehead atoms. The van der Waals surface area contributed by atoms with Gasteiger partial charge in [0.1, 0.15) is 10.5 Å². The second-order valence-electron chi connectivity index (χ2n) is 6.75. The molecule has 0 amide bonds. The van der Waals surface area contributed by atoms with Gasteiger partial charge in [-0.1, -0.05) is 54.7 Å². The first-order chi connectivity index (χ1) is 13.1. The summed E-state index contributed by atoms with van der Waals surface area (Å²) in [5, 5.41) is 11.2. The van der Waals surface area contributed by atoms with E-state index in [9.17, 15) is 10.1 Å². The van der Waals surface area contributed by atoms with E-state index >= 15 is 0 Å². The van der Waals surface area contributed by atoms with Crippen molar-refractivity contribution in [2.75, 3.05) is 0 Å². The molecular weight excluding hydrogens is 358 g/mol. The molecule has 27 heavy (non-hydrogen) atoms. The molecule has 0 aliphatic heterocycles. The molecule has 0 saturated carbocycles. The highest BCUT2D eigenvalue weighted by Gasteiger charge is 2.20. The first-order valence-electron chi connectivity index (χ1n) is 9.05. The lowest BCUT2D eigenvalue weighted by Gasteiger charge is -2.24. The predicted octanol–water partition coefficient (Wildman–Crippen LogP) is 5.11. The molecule has 136 valence electrons. The van der Waals surface area contributed by atoms with Crippen LogP contribution in [-0.4, -0.2) is 14.5 Å². The Morgan fingerprint density at radius 3 is 2.63 bits per heavy atom. The van der Waals surface area contributed by atoms with Gasteiger partial charge in [-0.3, -0.25) is 10.1 Å². The minimum absolute atomic E-state index is 0.0594. The van der Waals surface area contributed by atoms with Crippen LogP contribution in [0.4, 0.5) is 5.69 Å². The third-order valence-corrected chi connectivity index (χ3v) is 5.32. The lowest BCUT2D eigenvalue weighted by molar-refractivity contribution is -0.384. The summed E-state index contributed by atoms with van der Waals surface area (Å²) in [5.74, 6) is 0.702. The van der Waals surface area contributed by atoms with Gasteiger partial charge in [-0.2, -0.15) is 0 Å². The van der Waals surface area contributed by atoms with E-state index in [1.807, 2.05) is 24.3 Å². The van der Waals surface area contributed by atoms with Crippen LogP contribution < -0.4 is 0 Å². The van der Waals surface area contributed by atoms with Crippen molar-refractivity contribution in [3.63, 3.8) is 0 Å². The van der Waals surface area contributed by atoms with Gasteiger partial charge in [-0.05, 0) is 31.2 Å². The van der Waals surface area contributed by atoms with Crippen molar-refractivity contribution in [1.82, 2.24) is 9.55 Å². The maximum Gasteiger partial charge on any atom is 0.270 e. The van der Waals surface area contributed by atoms with Gasteiger partial charge in [-0.25, -0.2) is 4.98 Å². The average Bonchev–Trinajstić information content (AvgIpc) is 2.71. The van der Waals surface area contributed by atoms with Gasteiger partial charge in [0.15, 0.2) is 0 Å². The summed E-state index contributed by atoms with van der Waals surface area (Å²) in [5.41, 5.74) is 4.32. The van der Waals surface area contributed by atoms with Gasteiger partial charge in [-0.15, -0.1) is 0 Å². The van der Waals surface area contributed by atoms with E-state index in [1.54, 1.807) is 12.1 Å². The van der Waals surface area contributed by atoms with Crippen molar-refractivity contribution in [3.05, 3.63) is 86.2 Å². The first kappa shape index (κ1) is 17.5. The number of nitrogens with zero attached hydrogens (tertiary/aromatic N) is 3. The summed E-state index contributed by atoms with van der Waals surface area (Å²) in [6.45, 7) is 0.670. The number of aromatic nitrogens is 2. The molecule has 4 rings (SSSR count). The van der Waals surface area contributed by atoms with Crippen LogP contribution in [0.15, 0.2) is 54.6 Å². The number of hydrogen-bond acceptors (Lipinski definition) is 4. The summed E-state index contributed by atoms with van der Waals surface area (Å²) >= 11 is 5.58. The van der Waals surface area contributed by atoms with Crippen molar-refractivity contribution in [2.45, 2.75) is 32.2 Å². The maximum absolute atomic E-state index is 11.2. The lowest BCUT2D eigenvalue weighted by atomic mass is 9.96. The van der Waals surface area contributed by atoms with Gasteiger partial charge in [0, 0.05) is 35.5 Å². The highest BCUT2D eigenvalue weighted by atomic mass is 32.1. The highest BCUT2D eigenvalue weighted by molar-refractivity contribution is 7.71. The van der Waals surface area contributed by atoms with E-state index in [0.717, 1.165) is 36.8 Å². The number of nitro benzene ring substituents is 1. The Labute approximate surface area is 162 Å². The Bertz CT molecular complexity index is 1060. The quantitative estimate of drug-likeness (QED) is 0.360. The van der Waals surface area contributed by atoms with Gasteiger partial charge in [0.25, 0.3) is 5.69 Å². The monoisotopic (exact) mass is 377 g/mol. The van der Waals surface area contributed by atoms with E-state index in [0.29, 0.717) is 17.0 Å². The molecule has 0 spiro atoms. The fourth-order valence-electron chi connectivity index (χ4n) is 3.68. The predicted molar refractivity (Wildman–Crippen MR) is 107 cm³/mol. The van der Waals surface area contributed by atoms with Crippen LogP contribution in [0.2, 0.25) is 0 Å². The average molecular weight is 377 g/mol. The van der Waals surface area contributed by atoms with Gasteiger partial charge in [0.2, 0.25) is 0 Å². The summed E-state index contributed by atoms with van der Waals surface area (Å²) in [6.07, 6.45) is 4.15. The van der Waals surface area contributed by atoms with E-state index in [-0.39, 0.29) is 10.6 Å². The normalized spacial score (nSPS) is 13.2. The fourth-order valence-corrected chi connectivity index (χ4v) is 3.99. The molecule has 1 aromatic heterocycles. The van der Waals surface area contributed by atoms with Crippen LogP contribution in [-0.2, 0) is 19.4 Å². The maximum atomic E-state index is 11.2. The van der Waals surface area contributed by atoms with Crippen molar-refractivity contribution in [2.24, 2.45) is 0 Å². The third kappa shape index (κ3) is 3.53. The second-order valence-corrected chi connectivity index (χ2v) is 7.14. The van der Waals surface area contributed by atoms with Crippen LogP contribution in [0.5, 0.6) is 0 Å². The van der Waals surface area contributed by atoms with Gasteiger partial charge < -0.3 is 4.57 Å². The van der Waals surface area contributed by atoms with Crippen LogP contribution in [0.25, 0.3) is 11.4 Å². The number of rotatable bonds is 4. The third-order valence-electron chi connectivity index (χ3n) is 4.98. The number of hydrogen-bond donors (Lipinski definition) is 0. The van der Waals surface area contributed by atoms with Crippen LogP contribution in [0, 0.1) is 14.8 Å². The fraction of sp³-hybridized carbons (Fsp3) is 0.238. The molecule has 0 unspecified atom stereocenters. The molecule has 3 aromatic rings. The Kier molecular flexibility index (Phi) is 4.81. The van der Waals surface area contributed by atoms with E-state index in [4.69, 9.17) is 17.2 Å². The van der Waals surface area contributed by atoms with Gasteiger partial charge >= 0.3 is 0 Å². The summed E-state index contributed by atoms with van der Waals surface area (Å²) in [4.78, 5) is 15.5. The van der Waals surface area contributed by atoms with Crippen molar-refractivity contribution < 1.29 is 4.92 Å². The highest BCUT2D eigenvalue weighted by Crippen LogP contribution is 2.29.